The van der Waals surface area contributed by atoms with Crippen molar-refractivity contribution in [3.63, 3.8) is 0 Å². The SMILES string of the molecule is O=C(NCCS(=O)(=O)N1CCN(c2ccccc2)CC1)[C@H]1CC(=O)N(c2ccc(F)cc2)C1. The number of carbonyl (C=O) groups is 2. The van der Waals surface area contributed by atoms with Gasteiger partial charge in [-0.3, -0.25) is 9.59 Å². The van der Waals surface area contributed by atoms with E-state index in [1.165, 1.54) is 33.5 Å². The van der Waals surface area contributed by atoms with Crippen molar-refractivity contribution in [3.05, 3.63) is 60.4 Å². The lowest BCUT2D eigenvalue weighted by atomic mass is 10.1. The summed E-state index contributed by atoms with van der Waals surface area (Å²) < 4.78 is 40.0. The third kappa shape index (κ3) is 5.51. The van der Waals surface area contributed by atoms with Crippen LogP contribution in [0.15, 0.2) is 54.6 Å². The van der Waals surface area contributed by atoms with Crippen LogP contribution in [0.3, 0.4) is 0 Å². The zero-order valence-electron chi connectivity index (χ0n) is 18.2. The Bertz CT molecular complexity index is 1090. The van der Waals surface area contributed by atoms with Gasteiger partial charge < -0.3 is 15.1 Å². The molecule has 33 heavy (non-hydrogen) atoms. The van der Waals surface area contributed by atoms with Crippen molar-refractivity contribution in [1.29, 1.82) is 0 Å². The van der Waals surface area contributed by atoms with Gasteiger partial charge >= 0.3 is 0 Å². The molecular formula is C23H27FN4O4S. The molecule has 2 aromatic rings. The number of anilines is 2. The molecule has 2 aromatic carbocycles. The fourth-order valence-corrected chi connectivity index (χ4v) is 5.53. The van der Waals surface area contributed by atoms with Crippen LogP contribution < -0.4 is 15.1 Å². The lowest BCUT2D eigenvalue weighted by Crippen LogP contribution is -2.50. The van der Waals surface area contributed by atoms with Crippen molar-refractivity contribution in [2.24, 2.45) is 5.92 Å². The van der Waals surface area contributed by atoms with Crippen LogP contribution in [0, 0.1) is 11.7 Å². The van der Waals surface area contributed by atoms with Gasteiger partial charge in [0.15, 0.2) is 0 Å². The molecule has 2 heterocycles. The Morgan fingerprint density at radius 3 is 2.30 bits per heavy atom. The number of sulfonamides is 1. The number of hydrogen-bond donors (Lipinski definition) is 1. The number of benzene rings is 2. The first kappa shape index (κ1) is 23.2. The first-order chi connectivity index (χ1) is 15.8. The molecule has 2 saturated heterocycles. The lowest BCUT2D eigenvalue weighted by Gasteiger charge is -2.35. The van der Waals surface area contributed by atoms with Crippen LogP contribution >= 0.6 is 0 Å². The summed E-state index contributed by atoms with van der Waals surface area (Å²) in [5.41, 5.74) is 1.61. The molecule has 0 aromatic heterocycles. The third-order valence-electron chi connectivity index (χ3n) is 6.05. The summed E-state index contributed by atoms with van der Waals surface area (Å²) in [6.45, 7) is 2.19. The number of halogens is 1. The summed E-state index contributed by atoms with van der Waals surface area (Å²) in [4.78, 5) is 28.4. The van der Waals surface area contributed by atoms with Gasteiger partial charge in [-0.05, 0) is 36.4 Å². The molecule has 2 fully saturated rings. The van der Waals surface area contributed by atoms with Gasteiger partial charge in [0.2, 0.25) is 21.8 Å². The summed E-state index contributed by atoms with van der Waals surface area (Å²) in [6.07, 6.45) is 0.0391. The topological polar surface area (TPSA) is 90.0 Å². The van der Waals surface area contributed by atoms with E-state index in [2.05, 4.69) is 10.2 Å². The Morgan fingerprint density at radius 1 is 0.970 bits per heavy atom. The zero-order chi connectivity index (χ0) is 23.4. The first-order valence-corrected chi connectivity index (χ1v) is 12.6. The Kier molecular flexibility index (Phi) is 6.94. The first-order valence-electron chi connectivity index (χ1n) is 10.9. The highest BCUT2D eigenvalue weighted by molar-refractivity contribution is 7.89. The van der Waals surface area contributed by atoms with Crippen molar-refractivity contribution in [2.75, 3.05) is 54.8 Å². The van der Waals surface area contributed by atoms with Gasteiger partial charge in [0.1, 0.15) is 5.82 Å². The normalized spacial score (nSPS) is 19.7. The van der Waals surface area contributed by atoms with Crippen LogP contribution in [0.5, 0.6) is 0 Å². The van der Waals surface area contributed by atoms with Crippen molar-refractivity contribution in [1.82, 2.24) is 9.62 Å². The number of piperazine rings is 1. The smallest absolute Gasteiger partial charge is 0.227 e. The summed E-state index contributed by atoms with van der Waals surface area (Å²) in [5, 5.41) is 2.66. The third-order valence-corrected chi connectivity index (χ3v) is 7.92. The van der Waals surface area contributed by atoms with Crippen LogP contribution in [-0.4, -0.2) is 69.6 Å². The number of rotatable bonds is 7. The monoisotopic (exact) mass is 474 g/mol. The van der Waals surface area contributed by atoms with Gasteiger partial charge in [-0.1, -0.05) is 18.2 Å². The minimum absolute atomic E-state index is 0.0126. The van der Waals surface area contributed by atoms with Crippen LogP contribution in [0.4, 0.5) is 15.8 Å². The number of para-hydroxylation sites is 1. The van der Waals surface area contributed by atoms with Gasteiger partial charge in [0.25, 0.3) is 0 Å². The average molecular weight is 475 g/mol. The molecule has 10 heteroatoms. The highest BCUT2D eigenvalue weighted by Gasteiger charge is 2.35. The Morgan fingerprint density at radius 2 is 1.64 bits per heavy atom. The molecule has 0 saturated carbocycles. The molecule has 4 rings (SSSR count). The van der Waals surface area contributed by atoms with Crippen LogP contribution in [-0.2, 0) is 19.6 Å². The molecule has 176 valence electrons. The predicted molar refractivity (Wildman–Crippen MR) is 124 cm³/mol. The molecule has 0 radical (unpaired) electrons. The Hall–Kier alpha value is -2.98. The highest BCUT2D eigenvalue weighted by atomic mass is 32.2. The largest absolute Gasteiger partial charge is 0.369 e. The van der Waals surface area contributed by atoms with Crippen LogP contribution in [0.1, 0.15) is 6.42 Å². The Balaban J connectivity index is 1.24. The van der Waals surface area contributed by atoms with E-state index in [0.29, 0.717) is 31.9 Å². The van der Waals surface area contributed by atoms with Gasteiger partial charge in [-0.2, -0.15) is 4.31 Å². The van der Waals surface area contributed by atoms with Gasteiger partial charge in [-0.25, -0.2) is 12.8 Å². The molecule has 2 aliphatic rings. The minimum atomic E-state index is -3.50. The lowest BCUT2D eigenvalue weighted by molar-refractivity contribution is -0.126. The average Bonchev–Trinajstić information content (AvgIpc) is 3.22. The molecule has 0 bridgehead atoms. The number of carbonyl (C=O) groups excluding carboxylic acids is 2. The Labute approximate surface area is 193 Å². The fourth-order valence-electron chi connectivity index (χ4n) is 4.19. The van der Waals surface area contributed by atoms with E-state index < -0.39 is 21.8 Å². The van der Waals surface area contributed by atoms with E-state index in [4.69, 9.17) is 0 Å². The molecule has 0 aliphatic carbocycles. The van der Waals surface area contributed by atoms with Gasteiger partial charge in [0, 0.05) is 57.1 Å². The summed E-state index contributed by atoms with van der Waals surface area (Å²) >= 11 is 0. The van der Waals surface area contributed by atoms with Gasteiger partial charge in [-0.15, -0.1) is 0 Å². The van der Waals surface area contributed by atoms with E-state index in [-0.39, 0.29) is 37.1 Å². The molecule has 1 atom stereocenters. The number of nitrogens with one attached hydrogen (secondary N) is 1. The summed E-state index contributed by atoms with van der Waals surface area (Å²) in [6, 6.07) is 15.4. The number of amides is 2. The number of nitrogens with zero attached hydrogens (tertiary/aromatic N) is 3. The maximum Gasteiger partial charge on any atom is 0.227 e. The summed E-state index contributed by atoms with van der Waals surface area (Å²) in [7, 11) is -3.50. The summed E-state index contributed by atoms with van der Waals surface area (Å²) in [5.74, 6) is -1.73. The maximum atomic E-state index is 13.1. The van der Waals surface area contributed by atoms with E-state index in [1.54, 1.807) is 0 Å². The quantitative estimate of drug-likeness (QED) is 0.656. The molecule has 1 N–H and O–H groups in total. The van der Waals surface area contributed by atoms with Crippen LogP contribution in [0.2, 0.25) is 0 Å². The maximum absolute atomic E-state index is 13.1. The van der Waals surface area contributed by atoms with E-state index in [0.717, 1.165) is 5.69 Å². The van der Waals surface area contributed by atoms with Crippen molar-refractivity contribution in [2.45, 2.75) is 6.42 Å². The molecule has 0 unspecified atom stereocenters. The van der Waals surface area contributed by atoms with Crippen molar-refractivity contribution < 1.29 is 22.4 Å². The van der Waals surface area contributed by atoms with Crippen molar-refractivity contribution in [3.8, 4) is 0 Å². The second kappa shape index (κ2) is 9.88. The van der Waals surface area contributed by atoms with Gasteiger partial charge in [0.05, 0.1) is 11.7 Å². The number of hydrogen-bond acceptors (Lipinski definition) is 5. The van der Waals surface area contributed by atoms with E-state index >= 15 is 0 Å². The predicted octanol–water partition coefficient (Wildman–Crippen LogP) is 1.45. The molecular weight excluding hydrogens is 447 g/mol. The standard InChI is InChI=1S/C23H27FN4O4S/c24-19-6-8-21(9-7-19)28-17-18(16-22(28)29)23(30)25-10-15-33(31,32)27-13-11-26(12-14-27)20-4-2-1-3-5-20/h1-9,18H,10-17H2,(H,25,30)/t18-/m0/s1. The molecule has 2 aliphatic heterocycles. The molecule has 2 amide bonds. The zero-order valence-corrected chi connectivity index (χ0v) is 19.0. The van der Waals surface area contributed by atoms with Crippen molar-refractivity contribution >= 4 is 33.2 Å². The molecule has 0 spiro atoms. The molecule has 8 nitrogen and oxygen atoms in total. The highest BCUT2D eigenvalue weighted by Crippen LogP contribution is 2.25. The second-order valence-electron chi connectivity index (χ2n) is 8.21. The fraction of sp³-hybridized carbons (Fsp3) is 0.391. The second-order valence-corrected chi connectivity index (χ2v) is 10.3. The van der Waals surface area contributed by atoms with Crippen LogP contribution in [0.25, 0.3) is 0 Å². The van der Waals surface area contributed by atoms with E-state index in [9.17, 15) is 22.4 Å². The van der Waals surface area contributed by atoms with E-state index in [1.807, 2.05) is 30.3 Å². The minimum Gasteiger partial charge on any atom is -0.369 e.